The van der Waals surface area contributed by atoms with E-state index < -0.39 is 16.4 Å². The van der Waals surface area contributed by atoms with Gasteiger partial charge in [-0.3, -0.25) is 4.79 Å². The first-order valence-corrected chi connectivity index (χ1v) is 17.5. The van der Waals surface area contributed by atoms with Gasteiger partial charge in [-0.25, -0.2) is 0 Å². The summed E-state index contributed by atoms with van der Waals surface area (Å²) in [5, 5.41) is 0. The first-order chi connectivity index (χ1) is 13.2. The number of hydrogen-bond donors (Lipinski definition) is 0. The normalized spacial score (nSPS) is 26.1. The van der Waals surface area contributed by atoms with E-state index in [1.165, 1.54) is 5.57 Å². The monoisotopic (exact) mass is 426 g/mol. The second kappa shape index (κ2) is 10.2. The Labute approximate surface area is 174 Å². The van der Waals surface area contributed by atoms with E-state index in [-0.39, 0.29) is 17.5 Å². The Morgan fingerprint density at radius 2 is 1.82 bits per heavy atom. The molecule has 2 aliphatic carbocycles. The molecule has 0 radical (unpaired) electrons. The molecule has 0 bridgehead atoms. The van der Waals surface area contributed by atoms with Crippen LogP contribution in [0.4, 0.5) is 0 Å². The molecule has 0 saturated heterocycles. The number of allylic oxidation sites excluding steroid dienone is 1. The van der Waals surface area contributed by atoms with Crippen LogP contribution < -0.4 is 0 Å². The largest absolute Gasteiger partial charge is 0.408 e. The van der Waals surface area contributed by atoms with Gasteiger partial charge >= 0.3 is 0 Å². The van der Waals surface area contributed by atoms with E-state index in [1.807, 2.05) is 6.08 Å². The Kier molecular flexibility index (Phi) is 8.71. The molecule has 0 aromatic rings. The zero-order valence-corrected chi connectivity index (χ0v) is 21.1. The smallest absolute Gasteiger partial charge is 0.193 e. The highest BCUT2D eigenvalue weighted by atomic mass is 28.4. The summed E-state index contributed by atoms with van der Waals surface area (Å²) in [6.07, 6.45) is 6.20. The van der Waals surface area contributed by atoms with E-state index >= 15 is 0 Å². The second-order valence-corrected chi connectivity index (χ2v) is 20.2. The molecule has 0 unspecified atom stereocenters. The van der Waals surface area contributed by atoms with E-state index in [0.717, 1.165) is 56.5 Å². The molecule has 0 heterocycles. The summed E-state index contributed by atoms with van der Waals surface area (Å²) >= 11 is 0. The lowest BCUT2D eigenvalue weighted by atomic mass is 9.93. The molecule has 28 heavy (non-hydrogen) atoms. The van der Waals surface area contributed by atoms with Crippen molar-refractivity contribution >= 4 is 22.2 Å². The summed E-state index contributed by atoms with van der Waals surface area (Å²) in [5.41, 5.74) is 0.915. The minimum atomic E-state index is -1.77. The van der Waals surface area contributed by atoms with Crippen molar-refractivity contribution in [1.29, 1.82) is 0 Å². The van der Waals surface area contributed by atoms with Crippen molar-refractivity contribution < 1.29 is 18.7 Å². The fourth-order valence-electron chi connectivity index (χ4n) is 4.51. The van der Waals surface area contributed by atoms with Gasteiger partial charge in [0.25, 0.3) is 0 Å². The van der Waals surface area contributed by atoms with Crippen LogP contribution in [0, 0.1) is 0 Å². The SMILES string of the molecule is CC[Si](CC)(CC)O[C@@]12CCCC(=O)C=C1C[C@@H](OCOCC[Si](C)(C)C)C2. The van der Waals surface area contributed by atoms with Crippen LogP contribution in [0.5, 0.6) is 0 Å². The number of carbonyl (C=O) groups excluding carboxylic acids is 1. The summed E-state index contributed by atoms with van der Waals surface area (Å²) in [5.74, 6) is 0.254. The van der Waals surface area contributed by atoms with Crippen LogP contribution >= 0.6 is 0 Å². The number of fused-ring (bicyclic) bond motifs is 1. The van der Waals surface area contributed by atoms with E-state index in [2.05, 4.69) is 40.4 Å². The molecule has 1 saturated carbocycles. The van der Waals surface area contributed by atoms with Crippen molar-refractivity contribution in [2.45, 2.75) is 108 Å². The minimum Gasteiger partial charge on any atom is -0.408 e. The van der Waals surface area contributed by atoms with Crippen LogP contribution in [0.3, 0.4) is 0 Å². The molecule has 2 aliphatic rings. The van der Waals surface area contributed by atoms with Crippen molar-refractivity contribution in [3.05, 3.63) is 11.6 Å². The van der Waals surface area contributed by atoms with Crippen LogP contribution in [0.1, 0.15) is 52.9 Å². The lowest BCUT2D eigenvalue weighted by Crippen LogP contribution is -2.47. The Morgan fingerprint density at radius 1 is 1.14 bits per heavy atom. The van der Waals surface area contributed by atoms with Gasteiger partial charge < -0.3 is 13.9 Å². The van der Waals surface area contributed by atoms with Crippen LogP contribution in [-0.2, 0) is 18.7 Å². The third-order valence-electron chi connectivity index (χ3n) is 6.66. The van der Waals surface area contributed by atoms with Gasteiger partial charge in [-0.1, -0.05) is 40.4 Å². The van der Waals surface area contributed by atoms with Crippen molar-refractivity contribution in [1.82, 2.24) is 0 Å². The Balaban J connectivity index is 2.05. The summed E-state index contributed by atoms with van der Waals surface area (Å²) < 4.78 is 18.9. The molecule has 0 amide bonds. The summed E-state index contributed by atoms with van der Waals surface area (Å²) in [4.78, 5) is 12.3. The van der Waals surface area contributed by atoms with Gasteiger partial charge in [-0.05, 0) is 55.1 Å². The third kappa shape index (κ3) is 6.36. The fraction of sp³-hybridized carbons (Fsp3) is 0.864. The van der Waals surface area contributed by atoms with Gasteiger partial charge in [0.05, 0.1) is 11.7 Å². The zero-order valence-electron chi connectivity index (χ0n) is 19.1. The van der Waals surface area contributed by atoms with Crippen molar-refractivity contribution in [2.24, 2.45) is 0 Å². The molecule has 6 heteroatoms. The number of rotatable bonds is 11. The maximum atomic E-state index is 12.3. The molecule has 4 nitrogen and oxygen atoms in total. The maximum Gasteiger partial charge on any atom is 0.193 e. The lowest BCUT2D eigenvalue weighted by Gasteiger charge is -2.41. The van der Waals surface area contributed by atoms with Crippen LogP contribution in [0.15, 0.2) is 11.6 Å². The third-order valence-corrected chi connectivity index (χ3v) is 13.1. The molecule has 0 spiro atoms. The number of hydrogen-bond acceptors (Lipinski definition) is 4. The lowest BCUT2D eigenvalue weighted by molar-refractivity contribution is -0.114. The Bertz CT molecular complexity index is 543. The van der Waals surface area contributed by atoms with Crippen molar-refractivity contribution in [3.63, 3.8) is 0 Å². The average Bonchev–Trinajstić information content (AvgIpc) is 2.87. The molecule has 1 fully saturated rings. The predicted molar refractivity (Wildman–Crippen MR) is 121 cm³/mol. The quantitative estimate of drug-likeness (QED) is 0.234. The second-order valence-electron chi connectivity index (χ2n) is 9.86. The first-order valence-electron chi connectivity index (χ1n) is 11.3. The van der Waals surface area contributed by atoms with Crippen LogP contribution in [0.2, 0.25) is 43.8 Å². The number of ether oxygens (including phenoxy) is 2. The number of ketones is 1. The van der Waals surface area contributed by atoms with Gasteiger partial charge in [0.15, 0.2) is 14.1 Å². The summed E-state index contributed by atoms with van der Waals surface area (Å²) in [6, 6.07) is 4.56. The Morgan fingerprint density at radius 3 is 2.43 bits per heavy atom. The van der Waals surface area contributed by atoms with Gasteiger partial charge in [-0.2, -0.15) is 0 Å². The van der Waals surface area contributed by atoms with E-state index in [0.29, 0.717) is 13.2 Å². The molecule has 0 aliphatic heterocycles. The molecule has 2 rings (SSSR count). The van der Waals surface area contributed by atoms with Gasteiger partial charge in [0.1, 0.15) is 6.79 Å². The molecule has 0 N–H and O–H groups in total. The molecule has 0 aromatic heterocycles. The zero-order chi connectivity index (χ0) is 20.8. The molecular formula is C22H42O4Si2. The fourth-order valence-corrected chi connectivity index (χ4v) is 8.34. The minimum absolute atomic E-state index is 0.0984. The first kappa shape index (κ1) is 24.0. The van der Waals surface area contributed by atoms with Crippen LogP contribution in [0.25, 0.3) is 0 Å². The van der Waals surface area contributed by atoms with Crippen molar-refractivity contribution in [3.8, 4) is 0 Å². The highest BCUT2D eigenvalue weighted by molar-refractivity contribution is 6.76. The van der Waals surface area contributed by atoms with E-state index in [4.69, 9.17) is 13.9 Å². The van der Waals surface area contributed by atoms with Crippen LogP contribution in [-0.4, -0.2) is 47.3 Å². The number of carbonyl (C=O) groups is 1. The topological polar surface area (TPSA) is 44.8 Å². The molecule has 2 atom stereocenters. The van der Waals surface area contributed by atoms with E-state index in [1.54, 1.807) is 0 Å². The molecular weight excluding hydrogens is 384 g/mol. The maximum absolute atomic E-state index is 12.3. The average molecular weight is 427 g/mol. The predicted octanol–water partition coefficient (Wildman–Crippen LogP) is 5.92. The van der Waals surface area contributed by atoms with E-state index in [9.17, 15) is 4.79 Å². The summed E-state index contributed by atoms with van der Waals surface area (Å²) in [6.45, 7) is 15.0. The molecule has 162 valence electrons. The van der Waals surface area contributed by atoms with Crippen molar-refractivity contribution in [2.75, 3.05) is 13.4 Å². The highest BCUT2D eigenvalue weighted by Gasteiger charge is 2.49. The van der Waals surface area contributed by atoms with Gasteiger partial charge in [-0.15, -0.1) is 0 Å². The summed E-state index contributed by atoms with van der Waals surface area (Å²) in [7, 11) is -2.84. The molecule has 0 aromatic carbocycles. The van der Waals surface area contributed by atoms with Gasteiger partial charge in [0, 0.05) is 27.5 Å². The van der Waals surface area contributed by atoms with Gasteiger partial charge in [0.2, 0.25) is 0 Å². The Hall–Kier alpha value is -0.276. The highest BCUT2D eigenvalue weighted by Crippen LogP contribution is 2.47. The standard InChI is InChI=1S/C22H42O4Si2/c1-7-28(8-2,9-3)26-22-12-10-11-20(23)15-19(22)16-21(17-22)25-18-24-13-14-27(4,5)6/h15,21H,7-14,16-18H2,1-6H3/t21-,22-/m1/s1.